The van der Waals surface area contributed by atoms with E-state index in [-0.39, 0.29) is 4.90 Å². The molecule has 0 aliphatic carbocycles. The largest absolute Gasteiger partial charge is 0.398 e. The van der Waals surface area contributed by atoms with E-state index in [2.05, 4.69) is 4.98 Å². The number of hydrogen-bond acceptors (Lipinski definition) is 5. The Hall–Kier alpha value is -1.44. The number of nitrogens with two attached hydrogens (primary N) is 1. The van der Waals surface area contributed by atoms with Crippen LogP contribution in [0.1, 0.15) is 15.4 Å². The van der Waals surface area contributed by atoms with Crippen LogP contribution in [0.15, 0.2) is 29.3 Å². The second-order valence-corrected chi connectivity index (χ2v) is 7.91. The maximum atomic E-state index is 12.6. The van der Waals surface area contributed by atoms with Crippen molar-refractivity contribution in [3.63, 3.8) is 0 Å². The minimum atomic E-state index is -3.55. The van der Waals surface area contributed by atoms with Crippen LogP contribution in [-0.4, -0.2) is 24.8 Å². The highest BCUT2D eigenvalue weighted by Crippen LogP contribution is 2.25. The van der Waals surface area contributed by atoms with E-state index in [1.807, 2.05) is 6.92 Å². The SMILES string of the molecule is Cc1ncc(CN(C)S(=O)(=O)c2cccc(N)c2C)s1. The summed E-state index contributed by atoms with van der Waals surface area (Å²) in [6, 6.07) is 4.93. The average Bonchev–Trinajstić information content (AvgIpc) is 2.78. The second kappa shape index (κ2) is 5.51. The van der Waals surface area contributed by atoms with Crippen LogP contribution < -0.4 is 5.73 Å². The molecule has 0 spiro atoms. The Morgan fingerprint density at radius 3 is 2.65 bits per heavy atom. The molecule has 1 heterocycles. The van der Waals surface area contributed by atoms with Gasteiger partial charge >= 0.3 is 0 Å². The zero-order valence-electron chi connectivity index (χ0n) is 11.6. The van der Waals surface area contributed by atoms with Crippen LogP contribution in [-0.2, 0) is 16.6 Å². The van der Waals surface area contributed by atoms with Gasteiger partial charge in [0.1, 0.15) is 0 Å². The molecular formula is C13H17N3O2S2. The highest BCUT2D eigenvalue weighted by atomic mass is 32.2. The molecule has 0 amide bonds. The molecule has 2 aromatic rings. The van der Waals surface area contributed by atoms with Gasteiger partial charge in [-0.25, -0.2) is 13.4 Å². The highest BCUT2D eigenvalue weighted by Gasteiger charge is 2.24. The minimum Gasteiger partial charge on any atom is -0.398 e. The molecule has 20 heavy (non-hydrogen) atoms. The van der Waals surface area contributed by atoms with E-state index in [9.17, 15) is 8.42 Å². The first-order valence-corrected chi connectivity index (χ1v) is 8.31. The summed E-state index contributed by atoms with van der Waals surface area (Å²) in [5.41, 5.74) is 6.85. The lowest BCUT2D eigenvalue weighted by atomic mass is 10.2. The van der Waals surface area contributed by atoms with Gasteiger partial charge in [0, 0.05) is 30.4 Å². The van der Waals surface area contributed by atoms with Gasteiger partial charge in [-0.05, 0) is 31.5 Å². The van der Waals surface area contributed by atoms with Gasteiger partial charge in [0.15, 0.2) is 0 Å². The van der Waals surface area contributed by atoms with Crippen LogP contribution in [0.3, 0.4) is 0 Å². The maximum Gasteiger partial charge on any atom is 0.243 e. The third-order valence-electron chi connectivity index (χ3n) is 3.06. The van der Waals surface area contributed by atoms with E-state index in [0.29, 0.717) is 17.8 Å². The predicted octanol–water partition coefficient (Wildman–Crippen LogP) is 2.16. The molecule has 0 aliphatic rings. The van der Waals surface area contributed by atoms with Crippen molar-refractivity contribution in [3.05, 3.63) is 39.8 Å². The van der Waals surface area contributed by atoms with Crippen LogP contribution in [0.25, 0.3) is 0 Å². The first-order valence-electron chi connectivity index (χ1n) is 6.05. The van der Waals surface area contributed by atoms with E-state index in [0.717, 1.165) is 9.88 Å². The average molecular weight is 311 g/mol. The number of sulfonamides is 1. The molecule has 0 saturated heterocycles. The first kappa shape index (κ1) is 15.0. The quantitative estimate of drug-likeness (QED) is 0.878. The monoisotopic (exact) mass is 311 g/mol. The number of aromatic nitrogens is 1. The lowest BCUT2D eigenvalue weighted by Crippen LogP contribution is -2.27. The van der Waals surface area contributed by atoms with Crippen molar-refractivity contribution in [2.24, 2.45) is 0 Å². The molecule has 0 saturated carbocycles. The van der Waals surface area contributed by atoms with Gasteiger partial charge in [-0.15, -0.1) is 11.3 Å². The smallest absolute Gasteiger partial charge is 0.243 e. The summed E-state index contributed by atoms with van der Waals surface area (Å²) < 4.78 is 26.5. The van der Waals surface area contributed by atoms with Crippen molar-refractivity contribution in [2.45, 2.75) is 25.3 Å². The van der Waals surface area contributed by atoms with Crippen molar-refractivity contribution < 1.29 is 8.42 Å². The molecule has 5 nitrogen and oxygen atoms in total. The summed E-state index contributed by atoms with van der Waals surface area (Å²) in [5.74, 6) is 0. The van der Waals surface area contributed by atoms with Crippen molar-refractivity contribution in [2.75, 3.05) is 12.8 Å². The van der Waals surface area contributed by atoms with Gasteiger partial charge in [0.2, 0.25) is 10.0 Å². The number of nitrogen functional groups attached to an aromatic ring is 1. The Labute approximate surface area is 123 Å². The van der Waals surface area contributed by atoms with Crippen molar-refractivity contribution >= 4 is 27.0 Å². The molecule has 0 unspecified atom stereocenters. The predicted molar refractivity (Wildman–Crippen MR) is 81.1 cm³/mol. The summed E-state index contributed by atoms with van der Waals surface area (Å²) in [7, 11) is -1.99. The van der Waals surface area contributed by atoms with Gasteiger partial charge < -0.3 is 5.73 Å². The van der Waals surface area contributed by atoms with Crippen LogP contribution >= 0.6 is 11.3 Å². The zero-order valence-corrected chi connectivity index (χ0v) is 13.3. The molecule has 108 valence electrons. The number of benzene rings is 1. The maximum absolute atomic E-state index is 12.6. The van der Waals surface area contributed by atoms with E-state index >= 15 is 0 Å². The zero-order chi connectivity index (χ0) is 14.9. The third-order valence-corrected chi connectivity index (χ3v) is 5.91. The number of anilines is 1. The van der Waals surface area contributed by atoms with Crippen LogP contribution in [0.4, 0.5) is 5.69 Å². The number of aryl methyl sites for hydroxylation is 1. The fraction of sp³-hybridized carbons (Fsp3) is 0.308. The molecule has 2 N–H and O–H groups in total. The topological polar surface area (TPSA) is 76.3 Å². The fourth-order valence-corrected chi connectivity index (χ4v) is 4.19. The van der Waals surface area contributed by atoms with Gasteiger partial charge in [0.05, 0.1) is 9.90 Å². The molecule has 7 heteroatoms. The number of hydrogen-bond donors (Lipinski definition) is 1. The molecular weight excluding hydrogens is 294 g/mol. The molecule has 2 rings (SSSR count). The minimum absolute atomic E-state index is 0.251. The Kier molecular flexibility index (Phi) is 4.12. The fourth-order valence-electron chi connectivity index (χ4n) is 1.86. The Balaban J connectivity index is 2.32. The van der Waals surface area contributed by atoms with E-state index < -0.39 is 10.0 Å². The van der Waals surface area contributed by atoms with Crippen molar-refractivity contribution in [3.8, 4) is 0 Å². The molecule has 0 fully saturated rings. The Morgan fingerprint density at radius 1 is 1.35 bits per heavy atom. The molecule has 0 bridgehead atoms. The van der Waals surface area contributed by atoms with E-state index in [1.54, 1.807) is 38.4 Å². The van der Waals surface area contributed by atoms with Gasteiger partial charge in [-0.3, -0.25) is 0 Å². The lowest BCUT2D eigenvalue weighted by Gasteiger charge is -2.18. The first-order chi connectivity index (χ1) is 9.32. The summed E-state index contributed by atoms with van der Waals surface area (Å²) in [5, 5.41) is 0.922. The Morgan fingerprint density at radius 2 is 2.05 bits per heavy atom. The van der Waals surface area contributed by atoms with Crippen molar-refractivity contribution in [1.29, 1.82) is 0 Å². The highest BCUT2D eigenvalue weighted by molar-refractivity contribution is 7.89. The third kappa shape index (κ3) is 2.84. The van der Waals surface area contributed by atoms with Gasteiger partial charge in [-0.2, -0.15) is 4.31 Å². The number of nitrogens with zero attached hydrogens (tertiary/aromatic N) is 2. The van der Waals surface area contributed by atoms with Crippen LogP contribution in [0.2, 0.25) is 0 Å². The molecule has 1 aromatic carbocycles. The standard InChI is InChI=1S/C13H17N3O2S2/c1-9-12(14)5-4-6-13(9)20(17,18)16(3)8-11-7-15-10(2)19-11/h4-7H,8,14H2,1-3H3. The lowest BCUT2D eigenvalue weighted by molar-refractivity contribution is 0.469. The second-order valence-electron chi connectivity index (χ2n) is 4.58. The Bertz CT molecular complexity index is 723. The van der Waals surface area contributed by atoms with E-state index in [1.165, 1.54) is 15.6 Å². The van der Waals surface area contributed by atoms with E-state index in [4.69, 9.17) is 5.73 Å². The normalized spacial score (nSPS) is 12.0. The summed E-state index contributed by atoms with van der Waals surface area (Å²) in [6.07, 6.45) is 1.71. The molecule has 0 radical (unpaired) electrons. The van der Waals surface area contributed by atoms with Crippen LogP contribution in [0, 0.1) is 13.8 Å². The summed E-state index contributed by atoms with van der Waals surface area (Å²) in [6.45, 7) is 3.92. The summed E-state index contributed by atoms with van der Waals surface area (Å²) >= 11 is 1.49. The molecule has 1 aromatic heterocycles. The molecule has 0 aliphatic heterocycles. The number of thiazole rings is 1. The number of rotatable bonds is 4. The molecule has 0 atom stereocenters. The summed E-state index contributed by atoms with van der Waals surface area (Å²) in [4.78, 5) is 5.30. The van der Waals surface area contributed by atoms with Crippen LogP contribution in [0.5, 0.6) is 0 Å². The van der Waals surface area contributed by atoms with Gasteiger partial charge in [-0.1, -0.05) is 6.07 Å². The van der Waals surface area contributed by atoms with Crippen molar-refractivity contribution in [1.82, 2.24) is 9.29 Å². The van der Waals surface area contributed by atoms with Gasteiger partial charge in [0.25, 0.3) is 0 Å².